The van der Waals surface area contributed by atoms with Gasteiger partial charge in [0.05, 0.1) is 0 Å². The summed E-state index contributed by atoms with van der Waals surface area (Å²) in [6.07, 6.45) is 0. The number of hydrogen-bond acceptors (Lipinski definition) is 1. The molecule has 0 rings (SSSR count). The first-order valence-electron chi connectivity index (χ1n) is 0.957. The molecule has 0 aliphatic rings. The Balaban J connectivity index is 0. The molecule has 0 aliphatic carbocycles. The molecule has 0 radical (unpaired) electrons. The molecular weight excluding hydrogens is 112 g/mol. The third-order valence-corrected chi connectivity index (χ3v) is 0. The minimum atomic E-state index is -3.14. The van der Waals surface area contributed by atoms with Crippen LogP contribution in [0, 0.1) is 0 Å². The molecule has 4 nitrogen and oxygen atoms in total. The van der Waals surface area contributed by atoms with Crippen LogP contribution >= 0.6 is 7.59 Å². The zero-order chi connectivity index (χ0) is 4.50. The van der Waals surface area contributed by atoms with Crippen LogP contribution in [0.2, 0.25) is 0 Å². The van der Waals surface area contributed by atoms with Crippen molar-refractivity contribution >= 4 is 37.2 Å². The fourth-order valence-corrected chi connectivity index (χ4v) is 0. The summed E-state index contributed by atoms with van der Waals surface area (Å²) in [6, 6.07) is 0. The monoisotopic (exact) mass is 119 g/mol. The Morgan fingerprint density at radius 3 is 1.17 bits per heavy atom. The van der Waals surface area contributed by atoms with E-state index in [0.29, 0.717) is 0 Å². The number of hydrogen-bond donors (Lipinski definition) is 3. The predicted octanol–water partition coefficient (Wildman–Crippen LogP) is -1.68. The zero-order valence-corrected chi connectivity index (χ0v) is 3.48. The van der Waals surface area contributed by atoms with Crippen LogP contribution in [0.1, 0.15) is 0 Å². The Hall–Kier alpha value is 1.11. The van der Waals surface area contributed by atoms with Crippen molar-refractivity contribution < 1.29 is 4.57 Å². The van der Waals surface area contributed by atoms with E-state index < -0.39 is 7.59 Å². The van der Waals surface area contributed by atoms with E-state index in [1.165, 1.54) is 0 Å². The second kappa shape index (κ2) is 3.16. The van der Waals surface area contributed by atoms with Gasteiger partial charge < -0.3 is 0 Å². The van der Waals surface area contributed by atoms with E-state index in [1.54, 1.807) is 0 Å². The first kappa shape index (κ1) is 10.2. The van der Waals surface area contributed by atoms with Crippen LogP contribution in [0.5, 0.6) is 0 Å². The van der Waals surface area contributed by atoms with Gasteiger partial charge in [0.1, 0.15) is 0 Å². The SMILES string of the molecule is NP(N)(N)=O.[NaH]. The summed E-state index contributed by atoms with van der Waals surface area (Å²) in [7, 11) is -3.14. The molecule has 0 aromatic heterocycles. The van der Waals surface area contributed by atoms with Crippen LogP contribution in [0.15, 0.2) is 0 Å². The summed E-state index contributed by atoms with van der Waals surface area (Å²) < 4.78 is 9.55. The first-order chi connectivity index (χ1) is 2.00. The predicted molar refractivity (Wildman–Crippen MR) is 27.3 cm³/mol. The third kappa shape index (κ3) is 70.1. The molecule has 0 amide bonds. The topological polar surface area (TPSA) is 95.1 Å². The molecule has 0 aromatic carbocycles. The summed E-state index contributed by atoms with van der Waals surface area (Å²) in [6.45, 7) is 0. The molecule has 0 atom stereocenters. The Bertz CT molecular complexity index is 56.9. The van der Waals surface area contributed by atoms with Gasteiger partial charge in [-0.05, 0) is 0 Å². The van der Waals surface area contributed by atoms with Crippen LogP contribution in [-0.2, 0) is 4.57 Å². The number of nitrogens with two attached hydrogens (primary N) is 3. The van der Waals surface area contributed by atoms with Crippen LogP contribution in [0.4, 0.5) is 0 Å². The van der Waals surface area contributed by atoms with Crippen molar-refractivity contribution in [3.05, 3.63) is 0 Å². The van der Waals surface area contributed by atoms with E-state index in [9.17, 15) is 4.57 Å². The second-order valence-corrected chi connectivity index (χ2v) is 2.29. The van der Waals surface area contributed by atoms with Crippen molar-refractivity contribution in [1.82, 2.24) is 0 Å². The molecule has 6 heteroatoms. The quantitative estimate of drug-likeness (QED) is 0.262. The molecule has 0 aromatic rings. The van der Waals surface area contributed by atoms with Gasteiger partial charge in [0.25, 0.3) is 7.59 Å². The molecule has 0 saturated carbocycles. The van der Waals surface area contributed by atoms with Crippen molar-refractivity contribution in [3.63, 3.8) is 0 Å². The molecule has 6 N–H and O–H groups in total. The Kier molecular flexibility index (Phi) is 5.35. The summed E-state index contributed by atoms with van der Waals surface area (Å²) in [4.78, 5) is 0. The molecule has 0 aliphatic heterocycles. The summed E-state index contributed by atoms with van der Waals surface area (Å²) >= 11 is 0. The van der Waals surface area contributed by atoms with E-state index >= 15 is 0 Å². The molecule has 6 heavy (non-hydrogen) atoms. The van der Waals surface area contributed by atoms with Crippen LogP contribution in [0.3, 0.4) is 0 Å². The summed E-state index contributed by atoms with van der Waals surface area (Å²) in [5.41, 5.74) is 13.4. The van der Waals surface area contributed by atoms with Crippen LogP contribution in [-0.4, -0.2) is 29.6 Å². The van der Waals surface area contributed by atoms with Gasteiger partial charge in [0, 0.05) is 0 Å². The molecule has 0 bridgehead atoms. The van der Waals surface area contributed by atoms with Crippen molar-refractivity contribution in [2.45, 2.75) is 0 Å². The second-order valence-electron chi connectivity index (χ2n) is 0.763. The average molecular weight is 119 g/mol. The van der Waals surface area contributed by atoms with Crippen molar-refractivity contribution in [2.24, 2.45) is 16.5 Å². The average Bonchev–Trinajstić information content (AvgIpc) is 0.722. The van der Waals surface area contributed by atoms with Gasteiger partial charge in [0.2, 0.25) is 0 Å². The number of rotatable bonds is 0. The minimum absolute atomic E-state index is 0. The maximum absolute atomic E-state index is 9.55. The normalized spacial score (nSPS) is 9.83. The van der Waals surface area contributed by atoms with E-state index in [1.807, 2.05) is 0 Å². The van der Waals surface area contributed by atoms with Crippen molar-refractivity contribution in [2.75, 3.05) is 0 Å². The fraction of sp³-hybridized carbons (Fsp3) is 0. The van der Waals surface area contributed by atoms with E-state index in [0.717, 1.165) is 0 Å². The Labute approximate surface area is 58.3 Å². The third-order valence-electron chi connectivity index (χ3n) is 0. The van der Waals surface area contributed by atoms with Crippen molar-refractivity contribution in [1.29, 1.82) is 0 Å². The van der Waals surface area contributed by atoms with Gasteiger partial charge in [-0.3, -0.25) is 21.1 Å². The van der Waals surface area contributed by atoms with E-state index in [4.69, 9.17) is 0 Å². The van der Waals surface area contributed by atoms with Crippen molar-refractivity contribution in [3.8, 4) is 0 Å². The van der Waals surface area contributed by atoms with Crippen LogP contribution < -0.4 is 16.5 Å². The van der Waals surface area contributed by atoms with Gasteiger partial charge in [0.15, 0.2) is 0 Å². The van der Waals surface area contributed by atoms with Gasteiger partial charge in [-0.15, -0.1) is 0 Å². The molecular formula is H7N3NaOP. The standard InChI is InChI=1S/H6N3OP.Na.H/c1-5(2,3)4;;/h(H6,1,2,3,4);;. The zero-order valence-electron chi connectivity index (χ0n) is 2.59. The maximum atomic E-state index is 9.55. The first-order valence-corrected chi connectivity index (χ1v) is 2.87. The van der Waals surface area contributed by atoms with Gasteiger partial charge >= 0.3 is 29.6 Å². The molecule has 0 fully saturated rings. The van der Waals surface area contributed by atoms with Gasteiger partial charge in [-0.1, -0.05) is 0 Å². The molecule has 0 spiro atoms. The summed E-state index contributed by atoms with van der Waals surface area (Å²) in [5, 5.41) is 0. The van der Waals surface area contributed by atoms with Gasteiger partial charge in [-0.2, -0.15) is 0 Å². The van der Waals surface area contributed by atoms with E-state index in [-0.39, 0.29) is 29.6 Å². The van der Waals surface area contributed by atoms with Crippen LogP contribution in [0.25, 0.3) is 0 Å². The van der Waals surface area contributed by atoms with Gasteiger partial charge in [-0.25, -0.2) is 0 Å². The molecule has 34 valence electrons. The molecule has 0 saturated heterocycles. The summed E-state index contributed by atoms with van der Waals surface area (Å²) in [5.74, 6) is 0. The Morgan fingerprint density at radius 2 is 1.17 bits per heavy atom. The fourth-order valence-electron chi connectivity index (χ4n) is 0. The Morgan fingerprint density at radius 1 is 1.17 bits per heavy atom. The molecule has 0 unspecified atom stereocenters. The van der Waals surface area contributed by atoms with E-state index in [2.05, 4.69) is 16.5 Å². The molecule has 0 heterocycles.